The van der Waals surface area contributed by atoms with Gasteiger partial charge in [-0.25, -0.2) is 0 Å². The Morgan fingerprint density at radius 2 is 1.54 bits per heavy atom. The highest BCUT2D eigenvalue weighted by molar-refractivity contribution is 7.80. The second kappa shape index (κ2) is 7.57. The number of carbonyl (C=O) groups excluding carboxylic acids is 1. The zero-order valence-electron chi connectivity index (χ0n) is 13.0. The molecule has 0 radical (unpaired) electrons. The molecule has 3 rings (SSSR count). The Labute approximate surface area is 145 Å². The summed E-state index contributed by atoms with van der Waals surface area (Å²) in [5.41, 5.74) is 7.18. The molecule has 0 aliphatic heterocycles. The Balaban J connectivity index is 1.56. The second-order valence-corrected chi connectivity index (χ2v) is 5.72. The number of fused-ring (bicyclic) bond motifs is 1. The van der Waals surface area contributed by atoms with Crippen molar-refractivity contribution in [1.82, 2.24) is 10.9 Å². The number of amides is 1. The van der Waals surface area contributed by atoms with Gasteiger partial charge in [-0.1, -0.05) is 60.7 Å². The van der Waals surface area contributed by atoms with Gasteiger partial charge in [0.2, 0.25) is 5.91 Å². The molecule has 1 amide bonds. The SMILES string of the molecule is O=C(Cc1cccc2ccccc12)NNC(=S)Nc1ccccc1. The molecule has 3 aromatic rings. The van der Waals surface area contributed by atoms with Crippen LogP contribution in [0.2, 0.25) is 0 Å². The normalized spacial score (nSPS) is 10.2. The minimum atomic E-state index is -0.149. The van der Waals surface area contributed by atoms with Crippen molar-refractivity contribution < 1.29 is 4.79 Å². The number of hydrogen-bond acceptors (Lipinski definition) is 2. The number of nitrogens with one attached hydrogen (secondary N) is 3. The molecule has 0 atom stereocenters. The molecule has 3 aromatic carbocycles. The predicted octanol–water partition coefficient (Wildman–Crippen LogP) is 3.40. The van der Waals surface area contributed by atoms with E-state index in [1.165, 1.54) is 0 Å². The summed E-state index contributed by atoms with van der Waals surface area (Å²) in [5.74, 6) is -0.149. The van der Waals surface area contributed by atoms with Crippen LogP contribution < -0.4 is 16.2 Å². The topological polar surface area (TPSA) is 53.2 Å². The number of rotatable bonds is 3. The Hall–Kier alpha value is -2.92. The molecule has 120 valence electrons. The summed E-state index contributed by atoms with van der Waals surface area (Å²) in [6, 6.07) is 23.5. The molecule has 0 fully saturated rings. The first-order valence-electron chi connectivity index (χ1n) is 7.60. The largest absolute Gasteiger partial charge is 0.331 e. The van der Waals surface area contributed by atoms with E-state index in [0.29, 0.717) is 5.11 Å². The average Bonchev–Trinajstić information content (AvgIpc) is 2.61. The van der Waals surface area contributed by atoms with Crippen molar-refractivity contribution in [2.45, 2.75) is 6.42 Å². The molecular formula is C19H17N3OS. The van der Waals surface area contributed by atoms with E-state index < -0.39 is 0 Å². The molecule has 3 N–H and O–H groups in total. The van der Waals surface area contributed by atoms with Gasteiger partial charge in [0.25, 0.3) is 0 Å². The summed E-state index contributed by atoms with van der Waals surface area (Å²) in [4.78, 5) is 12.2. The number of hydrogen-bond donors (Lipinski definition) is 3. The van der Waals surface area contributed by atoms with Crippen molar-refractivity contribution in [3.8, 4) is 0 Å². The molecule has 0 aliphatic rings. The number of para-hydroxylation sites is 1. The van der Waals surface area contributed by atoms with Gasteiger partial charge in [-0.3, -0.25) is 15.6 Å². The predicted molar refractivity (Wildman–Crippen MR) is 102 cm³/mol. The molecule has 0 heterocycles. The molecule has 0 bridgehead atoms. The fourth-order valence-electron chi connectivity index (χ4n) is 2.47. The maximum absolute atomic E-state index is 12.2. The lowest BCUT2D eigenvalue weighted by Crippen LogP contribution is -2.44. The van der Waals surface area contributed by atoms with Gasteiger partial charge in [0.15, 0.2) is 5.11 Å². The minimum Gasteiger partial charge on any atom is -0.331 e. The van der Waals surface area contributed by atoms with Crippen molar-refractivity contribution in [3.05, 3.63) is 78.4 Å². The second-order valence-electron chi connectivity index (χ2n) is 5.31. The summed E-state index contributed by atoms with van der Waals surface area (Å²) in [6.07, 6.45) is 0.280. The Kier molecular flexibility index (Phi) is 5.03. The van der Waals surface area contributed by atoms with Gasteiger partial charge >= 0.3 is 0 Å². The zero-order valence-corrected chi connectivity index (χ0v) is 13.8. The van der Waals surface area contributed by atoms with Gasteiger partial charge in [0, 0.05) is 5.69 Å². The first-order chi connectivity index (χ1) is 11.7. The van der Waals surface area contributed by atoms with Gasteiger partial charge in [0.05, 0.1) is 6.42 Å². The van der Waals surface area contributed by atoms with Crippen LogP contribution in [0.25, 0.3) is 10.8 Å². The number of benzene rings is 3. The van der Waals surface area contributed by atoms with E-state index in [1.807, 2.05) is 72.8 Å². The third kappa shape index (κ3) is 4.08. The van der Waals surface area contributed by atoms with Crippen molar-refractivity contribution >= 4 is 39.7 Å². The van der Waals surface area contributed by atoms with E-state index in [0.717, 1.165) is 22.0 Å². The molecule has 4 nitrogen and oxygen atoms in total. The Bertz CT molecular complexity index is 859. The first-order valence-corrected chi connectivity index (χ1v) is 8.01. The summed E-state index contributed by atoms with van der Waals surface area (Å²) in [7, 11) is 0. The Morgan fingerprint density at radius 3 is 2.38 bits per heavy atom. The van der Waals surface area contributed by atoms with E-state index in [-0.39, 0.29) is 12.3 Å². The molecule has 0 saturated carbocycles. The van der Waals surface area contributed by atoms with E-state index in [1.54, 1.807) is 0 Å². The third-order valence-corrected chi connectivity index (χ3v) is 3.78. The summed E-state index contributed by atoms with van der Waals surface area (Å²) >= 11 is 5.16. The zero-order chi connectivity index (χ0) is 16.8. The third-order valence-electron chi connectivity index (χ3n) is 3.58. The van der Waals surface area contributed by atoms with Crippen LogP contribution in [-0.4, -0.2) is 11.0 Å². The molecule has 0 unspecified atom stereocenters. The average molecular weight is 335 g/mol. The standard InChI is InChI=1S/C19H17N3OS/c23-18(21-22-19(24)20-16-10-2-1-3-11-16)13-15-9-6-8-14-7-4-5-12-17(14)15/h1-12H,13H2,(H,21,23)(H2,20,22,24). The van der Waals surface area contributed by atoms with Gasteiger partial charge in [-0.2, -0.15) is 0 Å². The van der Waals surface area contributed by atoms with Crippen molar-refractivity contribution in [3.63, 3.8) is 0 Å². The van der Waals surface area contributed by atoms with Crippen molar-refractivity contribution in [2.75, 3.05) is 5.32 Å². The fraction of sp³-hybridized carbons (Fsp3) is 0.0526. The summed E-state index contributed by atoms with van der Waals surface area (Å²) < 4.78 is 0. The number of thiocarbonyl (C=S) groups is 1. The highest BCUT2D eigenvalue weighted by Crippen LogP contribution is 2.18. The van der Waals surface area contributed by atoms with E-state index in [4.69, 9.17) is 12.2 Å². The molecule has 0 aromatic heterocycles. The van der Waals surface area contributed by atoms with Gasteiger partial charge in [-0.15, -0.1) is 0 Å². The first kappa shape index (κ1) is 16.0. The number of carbonyl (C=O) groups is 1. The quantitative estimate of drug-likeness (QED) is 0.507. The number of anilines is 1. The molecular weight excluding hydrogens is 318 g/mol. The lowest BCUT2D eigenvalue weighted by atomic mass is 10.0. The molecule has 0 spiro atoms. The van der Waals surface area contributed by atoms with E-state index in [2.05, 4.69) is 16.2 Å². The van der Waals surface area contributed by atoms with Crippen LogP contribution in [0.1, 0.15) is 5.56 Å². The lowest BCUT2D eigenvalue weighted by molar-refractivity contribution is -0.120. The van der Waals surface area contributed by atoms with Crippen LogP contribution in [0.15, 0.2) is 72.8 Å². The van der Waals surface area contributed by atoms with Crippen LogP contribution >= 0.6 is 12.2 Å². The molecule has 24 heavy (non-hydrogen) atoms. The monoisotopic (exact) mass is 335 g/mol. The summed E-state index contributed by atoms with van der Waals surface area (Å²) in [5, 5.41) is 5.54. The van der Waals surface area contributed by atoms with Crippen molar-refractivity contribution in [2.24, 2.45) is 0 Å². The van der Waals surface area contributed by atoms with Crippen LogP contribution in [0.3, 0.4) is 0 Å². The van der Waals surface area contributed by atoms with Crippen LogP contribution in [0, 0.1) is 0 Å². The van der Waals surface area contributed by atoms with Gasteiger partial charge in [0.1, 0.15) is 0 Å². The van der Waals surface area contributed by atoms with Crippen LogP contribution in [0.4, 0.5) is 5.69 Å². The Morgan fingerprint density at radius 1 is 0.833 bits per heavy atom. The maximum atomic E-state index is 12.2. The minimum absolute atomic E-state index is 0.149. The summed E-state index contributed by atoms with van der Waals surface area (Å²) in [6.45, 7) is 0. The number of hydrazine groups is 1. The fourth-order valence-corrected chi connectivity index (χ4v) is 2.64. The molecule has 0 saturated heterocycles. The highest BCUT2D eigenvalue weighted by atomic mass is 32.1. The van der Waals surface area contributed by atoms with Crippen molar-refractivity contribution in [1.29, 1.82) is 0 Å². The van der Waals surface area contributed by atoms with E-state index in [9.17, 15) is 4.79 Å². The lowest BCUT2D eigenvalue weighted by Gasteiger charge is -2.12. The van der Waals surface area contributed by atoms with E-state index >= 15 is 0 Å². The van der Waals surface area contributed by atoms with Gasteiger partial charge < -0.3 is 5.32 Å². The maximum Gasteiger partial charge on any atom is 0.242 e. The van der Waals surface area contributed by atoms with Crippen LogP contribution in [-0.2, 0) is 11.2 Å². The van der Waals surface area contributed by atoms with Gasteiger partial charge in [-0.05, 0) is 40.7 Å². The van der Waals surface area contributed by atoms with Crippen LogP contribution in [0.5, 0.6) is 0 Å². The smallest absolute Gasteiger partial charge is 0.242 e. The molecule has 0 aliphatic carbocycles. The highest BCUT2D eigenvalue weighted by Gasteiger charge is 2.07. The molecule has 5 heteroatoms.